The molecule has 2 N–H and O–H groups in total. The minimum atomic E-state index is -0.117. The van der Waals surface area contributed by atoms with Gasteiger partial charge in [0, 0.05) is 32.0 Å². The molecule has 0 aromatic carbocycles. The predicted octanol–water partition coefficient (Wildman–Crippen LogP) is -0.147. The highest BCUT2D eigenvalue weighted by Crippen LogP contribution is 2.13. The summed E-state index contributed by atoms with van der Waals surface area (Å²) in [6, 6.07) is 0.247. The highest BCUT2D eigenvalue weighted by atomic mass is 16.2. The fraction of sp³-hybridized carbons (Fsp3) is 0.750. The highest BCUT2D eigenvalue weighted by Gasteiger charge is 2.28. The van der Waals surface area contributed by atoms with Crippen molar-refractivity contribution in [1.82, 2.24) is 15.6 Å². The summed E-state index contributed by atoms with van der Waals surface area (Å²) in [5.74, 6) is -0.153. The lowest BCUT2D eigenvalue weighted by atomic mass is 10.0. The number of amides is 2. The number of hydrogen-bond donors (Lipinski definition) is 2. The number of carbonyl (C=O) groups is 2. The highest BCUT2D eigenvalue weighted by molar-refractivity contribution is 6.39. The number of piperidine rings is 1. The minimum absolute atomic E-state index is 0.0359. The minimum Gasteiger partial charge on any atom is -0.334 e. The van der Waals surface area contributed by atoms with Crippen molar-refractivity contribution in [2.24, 2.45) is 5.10 Å². The van der Waals surface area contributed by atoms with Crippen molar-refractivity contribution in [3.63, 3.8) is 0 Å². The first-order chi connectivity index (χ1) is 8.72. The summed E-state index contributed by atoms with van der Waals surface area (Å²) in [5.41, 5.74) is 2.85. The number of nitrogens with zero attached hydrogens (tertiary/aromatic N) is 2. The van der Waals surface area contributed by atoms with E-state index in [4.69, 9.17) is 0 Å². The first kappa shape index (κ1) is 13.0. The van der Waals surface area contributed by atoms with Crippen LogP contribution >= 0.6 is 0 Å². The van der Waals surface area contributed by atoms with Crippen LogP contribution in [-0.2, 0) is 9.59 Å². The summed E-state index contributed by atoms with van der Waals surface area (Å²) in [7, 11) is 0. The Morgan fingerprint density at radius 1 is 1.50 bits per heavy atom. The number of hydrazone groups is 1. The third-order valence-electron chi connectivity index (χ3n) is 3.46. The van der Waals surface area contributed by atoms with E-state index in [1.54, 1.807) is 0 Å². The Balaban J connectivity index is 2.02. The van der Waals surface area contributed by atoms with Crippen LogP contribution in [0.5, 0.6) is 0 Å². The van der Waals surface area contributed by atoms with E-state index < -0.39 is 0 Å². The Morgan fingerprint density at radius 2 is 2.33 bits per heavy atom. The molecule has 0 aromatic heterocycles. The lowest BCUT2D eigenvalue weighted by Crippen LogP contribution is -2.51. The number of nitrogens with one attached hydrogen (secondary N) is 2. The second-order valence-electron chi connectivity index (χ2n) is 4.68. The van der Waals surface area contributed by atoms with Crippen LogP contribution in [0.4, 0.5) is 0 Å². The monoisotopic (exact) mass is 252 g/mol. The standard InChI is InChI=1S/C12H20N4O2/c1-2-16(9-4-3-7-13-8-9)12(18)10-5-6-11(17)15-14-10/h9,13H,2-8H2,1H3,(H,15,17). The van der Waals surface area contributed by atoms with Gasteiger partial charge in [0.25, 0.3) is 5.91 Å². The van der Waals surface area contributed by atoms with E-state index in [1.807, 2.05) is 11.8 Å². The lowest BCUT2D eigenvalue weighted by molar-refractivity contribution is -0.126. The molecule has 0 saturated carbocycles. The third-order valence-corrected chi connectivity index (χ3v) is 3.46. The van der Waals surface area contributed by atoms with Gasteiger partial charge in [-0.05, 0) is 26.3 Å². The van der Waals surface area contributed by atoms with Crippen LogP contribution in [0.2, 0.25) is 0 Å². The van der Waals surface area contributed by atoms with Gasteiger partial charge in [-0.15, -0.1) is 0 Å². The molecule has 2 rings (SSSR count). The summed E-state index contributed by atoms with van der Waals surface area (Å²) >= 11 is 0. The van der Waals surface area contributed by atoms with Crippen LogP contribution in [0, 0.1) is 0 Å². The molecule has 1 atom stereocenters. The Kier molecular flexibility index (Phi) is 4.30. The zero-order valence-corrected chi connectivity index (χ0v) is 10.7. The van der Waals surface area contributed by atoms with Crippen molar-refractivity contribution in [3.8, 4) is 0 Å². The summed E-state index contributed by atoms with van der Waals surface area (Å²) in [6.45, 7) is 4.53. The molecule has 2 heterocycles. The van der Waals surface area contributed by atoms with E-state index in [0.717, 1.165) is 25.9 Å². The van der Waals surface area contributed by atoms with Crippen LogP contribution in [0.3, 0.4) is 0 Å². The van der Waals surface area contributed by atoms with Crippen molar-refractivity contribution in [3.05, 3.63) is 0 Å². The Morgan fingerprint density at radius 3 is 2.89 bits per heavy atom. The average Bonchev–Trinajstić information content (AvgIpc) is 2.41. The molecule has 0 aromatic rings. The molecular weight excluding hydrogens is 232 g/mol. The maximum Gasteiger partial charge on any atom is 0.270 e. The second kappa shape index (κ2) is 5.95. The number of carbonyl (C=O) groups excluding carboxylic acids is 2. The average molecular weight is 252 g/mol. The molecular formula is C12H20N4O2. The number of likely N-dealkylation sites (N-methyl/N-ethyl adjacent to an activating group) is 1. The SMILES string of the molecule is CCN(C(=O)C1=NNC(=O)CC1)C1CCCNC1. The molecule has 1 saturated heterocycles. The van der Waals surface area contributed by atoms with Gasteiger partial charge < -0.3 is 10.2 Å². The van der Waals surface area contributed by atoms with Gasteiger partial charge in [0.05, 0.1) is 0 Å². The molecule has 100 valence electrons. The molecule has 1 fully saturated rings. The van der Waals surface area contributed by atoms with Crippen molar-refractivity contribution >= 4 is 17.5 Å². The molecule has 2 aliphatic heterocycles. The number of rotatable bonds is 3. The zero-order valence-electron chi connectivity index (χ0n) is 10.7. The van der Waals surface area contributed by atoms with E-state index >= 15 is 0 Å². The van der Waals surface area contributed by atoms with Crippen molar-refractivity contribution < 1.29 is 9.59 Å². The molecule has 0 aliphatic carbocycles. The van der Waals surface area contributed by atoms with Gasteiger partial charge in [0.2, 0.25) is 5.91 Å². The van der Waals surface area contributed by atoms with E-state index in [2.05, 4.69) is 15.8 Å². The quantitative estimate of drug-likeness (QED) is 0.734. The van der Waals surface area contributed by atoms with Crippen LogP contribution < -0.4 is 10.7 Å². The summed E-state index contributed by atoms with van der Waals surface area (Å²) in [6.07, 6.45) is 2.93. The maximum atomic E-state index is 12.4. The molecule has 2 amide bonds. The smallest absolute Gasteiger partial charge is 0.270 e. The van der Waals surface area contributed by atoms with Gasteiger partial charge in [-0.1, -0.05) is 0 Å². The van der Waals surface area contributed by atoms with Crippen molar-refractivity contribution in [2.75, 3.05) is 19.6 Å². The van der Waals surface area contributed by atoms with Gasteiger partial charge in [0.15, 0.2) is 0 Å². The van der Waals surface area contributed by atoms with E-state index in [0.29, 0.717) is 25.1 Å². The first-order valence-corrected chi connectivity index (χ1v) is 6.59. The molecule has 6 nitrogen and oxygen atoms in total. The molecule has 0 spiro atoms. The van der Waals surface area contributed by atoms with E-state index in [-0.39, 0.29) is 17.9 Å². The largest absolute Gasteiger partial charge is 0.334 e. The molecule has 6 heteroatoms. The number of hydrogen-bond acceptors (Lipinski definition) is 4. The molecule has 0 radical (unpaired) electrons. The summed E-state index contributed by atoms with van der Waals surface area (Å²) in [4.78, 5) is 25.2. The van der Waals surface area contributed by atoms with Gasteiger partial charge in [-0.2, -0.15) is 5.10 Å². The van der Waals surface area contributed by atoms with Crippen LogP contribution in [-0.4, -0.2) is 48.1 Å². The Labute approximate surface area is 107 Å². The second-order valence-corrected chi connectivity index (χ2v) is 4.68. The summed E-state index contributed by atoms with van der Waals surface area (Å²) in [5, 5.41) is 7.19. The van der Waals surface area contributed by atoms with Gasteiger partial charge >= 0.3 is 0 Å². The van der Waals surface area contributed by atoms with Gasteiger partial charge in [0.1, 0.15) is 5.71 Å². The van der Waals surface area contributed by atoms with Gasteiger partial charge in [-0.25, -0.2) is 5.43 Å². The molecule has 0 bridgehead atoms. The van der Waals surface area contributed by atoms with Crippen LogP contribution in [0.1, 0.15) is 32.6 Å². The van der Waals surface area contributed by atoms with Crippen LogP contribution in [0.15, 0.2) is 5.10 Å². The lowest BCUT2D eigenvalue weighted by Gasteiger charge is -2.34. The molecule has 18 heavy (non-hydrogen) atoms. The predicted molar refractivity (Wildman–Crippen MR) is 68.1 cm³/mol. The zero-order chi connectivity index (χ0) is 13.0. The Bertz CT molecular complexity index is 361. The van der Waals surface area contributed by atoms with Gasteiger partial charge in [-0.3, -0.25) is 9.59 Å². The maximum absolute atomic E-state index is 12.4. The van der Waals surface area contributed by atoms with Crippen molar-refractivity contribution in [2.45, 2.75) is 38.6 Å². The van der Waals surface area contributed by atoms with E-state index in [9.17, 15) is 9.59 Å². The van der Waals surface area contributed by atoms with Crippen LogP contribution in [0.25, 0.3) is 0 Å². The fourth-order valence-corrected chi connectivity index (χ4v) is 2.46. The fourth-order valence-electron chi connectivity index (χ4n) is 2.46. The van der Waals surface area contributed by atoms with Crippen molar-refractivity contribution in [1.29, 1.82) is 0 Å². The topological polar surface area (TPSA) is 73.8 Å². The summed E-state index contributed by atoms with van der Waals surface area (Å²) < 4.78 is 0. The van der Waals surface area contributed by atoms with E-state index in [1.165, 1.54) is 0 Å². The first-order valence-electron chi connectivity index (χ1n) is 6.59. The Hall–Kier alpha value is -1.43. The molecule has 2 aliphatic rings. The molecule has 1 unspecified atom stereocenters. The third kappa shape index (κ3) is 2.87. The normalized spacial score (nSPS) is 24.2.